The monoisotopic (exact) mass is 439 g/mol. The van der Waals surface area contributed by atoms with Crippen molar-refractivity contribution < 1.29 is 9.13 Å². The van der Waals surface area contributed by atoms with Crippen molar-refractivity contribution in [2.45, 2.75) is 37.2 Å². The number of benzene rings is 2. The molecule has 0 aliphatic heterocycles. The maximum Gasteiger partial charge on any atom is 0.191 e. The number of hydrogen-bond acceptors (Lipinski definition) is 4. The number of ether oxygens (including phenoxy) is 1. The summed E-state index contributed by atoms with van der Waals surface area (Å²) in [5.41, 5.74) is 1.05. The molecule has 0 atom stereocenters. The summed E-state index contributed by atoms with van der Waals surface area (Å²) in [6, 6.07) is 11.7. The normalized spacial score (nSPS) is 11.0. The van der Waals surface area contributed by atoms with Crippen molar-refractivity contribution >= 4 is 35.0 Å². The molecule has 3 rings (SSSR count). The molecule has 0 N–H and O–H groups in total. The van der Waals surface area contributed by atoms with Crippen LogP contribution in [-0.4, -0.2) is 21.4 Å². The molecule has 0 bridgehead atoms. The molecule has 4 nitrogen and oxygen atoms in total. The molecular formula is C20H20Cl2FN3OS. The molecule has 3 aromatic rings. The Morgan fingerprint density at radius 2 is 1.89 bits per heavy atom. The summed E-state index contributed by atoms with van der Waals surface area (Å²) in [4.78, 5) is 0. The number of aryl methyl sites for hydroxylation is 1. The number of halogens is 3. The van der Waals surface area contributed by atoms with Crippen LogP contribution in [0.5, 0.6) is 5.75 Å². The van der Waals surface area contributed by atoms with Gasteiger partial charge in [-0.2, -0.15) is 0 Å². The molecule has 8 heteroatoms. The molecule has 0 unspecified atom stereocenters. The van der Waals surface area contributed by atoms with Gasteiger partial charge in [0.05, 0.1) is 11.6 Å². The summed E-state index contributed by atoms with van der Waals surface area (Å²) in [5.74, 6) is 2.04. The molecule has 0 aliphatic carbocycles. The van der Waals surface area contributed by atoms with Crippen molar-refractivity contribution in [1.29, 1.82) is 0 Å². The number of rotatable bonds is 9. The summed E-state index contributed by atoms with van der Waals surface area (Å²) < 4.78 is 20.8. The van der Waals surface area contributed by atoms with Crippen LogP contribution in [-0.2, 0) is 18.7 Å². The highest BCUT2D eigenvalue weighted by Gasteiger charge is 2.12. The van der Waals surface area contributed by atoms with Gasteiger partial charge in [-0.05, 0) is 49.2 Å². The average molecular weight is 440 g/mol. The summed E-state index contributed by atoms with van der Waals surface area (Å²) in [5, 5.41) is 10.6. The molecule has 0 saturated heterocycles. The van der Waals surface area contributed by atoms with E-state index in [0.717, 1.165) is 41.7 Å². The van der Waals surface area contributed by atoms with E-state index in [1.165, 1.54) is 12.1 Å². The molecule has 0 aliphatic rings. The lowest BCUT2D eigenvalue weighted by molar-refractivity contribution is 0.309. The van der Waals surface area contributed by atoms with Gasteiger partial charge in [-0.1, -0.05) is 47.1 Å². The van der Waals surface area contributed by atoms with E-state index in [0.29, 0.717) is 22.4 Å². The van der Waals surface area contributed by atoms with Crippen LogP contribution in [0.4, 0.5) is 4.39 Å². The lowest BCUT2D eigenvalue weighted by Gasteiger charge is -2.09. The first-order valence-electron chi connectivity index (χ1n) is 8.94. The zero-order valence-electron chi connectivity index (χ0n) is 15.4. The Hall–Kier alpha value is -1.76. The molecular weight excluding hydrogens is 420 g/mol. The quantitative estimate of drug-likeness (QED) is 0.300. The lowest BCUT2D eigenvalue weighted by atomic mass is 10.2. The van der Waals surface area contributed by atoms with Gasteiger partial charge in [0, 0.05) is 23.7 Å². The molecule has 148 valence electrons. The van der Waals surface area contributed by atoms with Gasteiger partial charge >= 0.3 is 0 Å². The van der Waals surface area contributed by atoms with Crippen LogP contribution in [0.2, 0.25) is 10.0 Å². The van der Waals surface area contributed by atoms with Crippen LogP contribution in [0.25, 0.3) is 0 Å². The van der Waals surface area contributed by atoms with E-state index < -0.39 is 0 Å². The van der Waals surface area contributed by atoms with Crippen molar-refractivity contribution in [1.82, 2.24) is 14.8 Å². The van der Waals surface area contributed by atoms with Crippen molar-refractivity contribution in [3.8, 4) is 5.75 Å². The van der Waals surface area contributed by atoms with E-state index in [4.69, 9.17) is 27.9 Å². The molecule has 0 amide bonds. The number of thioether (sulfide) groups is 1. The SMILES string of the molecule is CCn1c(CCCOc2ccc(Cl)cc2Cl)nnc1SCc1ccc(F)cc1. The molecule has 0 fully saturated rings. The van der Waals surface area contributed by atoms with E-state index in [1.807, 2.05) is 0 Å². The Bertz CT molecular complexity index is 918. The first kappa shape index (κ1) is 21.0. The second-order valence-corrected chi connectivity index (χ2v) is 7.87. The summed E-state index contributed by atoms with van der Waals surface area (Å²) in [6.45, 7) is 3.38. The van der Waals surface area contributed by atoms with Gasteiger partial charge in [0.2, 0.25) is 0 Å². The highest BCUT2D eigenvalue weighted by Crippen LogP contribution is 2.28. The molecule has 1 heterocycles. The second kappa shape index (κ2) is 10.1. The topological polar surface area (TPSA) is 39.9 Å². The van der Waals surface area contributed by atoms with Gasteiger partial charge in [0.25, 0.3) is 0 Å². The third-order valence-corrected chi connectivity index (χ3v) is 5.66. The maximum absolute atomic E-state index is 13.0. The van der Waals surface area contributed by atoms with Gasteiger partial charge in [-0.15, -0.1) is 10.2 Å². The fraction of sp³-hybridized carbons (Fsp3) is 0.300. The minimum Gasteiger partial charge on any atom is -0.492 e. The van der Waals surface area contributed by atoms with Crippen LogP contribution in [0, 0.1) is 5.82 Å². The molecule has 0 radical (unpaired) electrons. The Balaban J connectivity index is 1.52. The van der Waals surface area contributed by atoms with Gasteiger partial charge in [0.1, 0.15) is 17.4 Å². The molecule has 0 saturated carbocycles. The van der Waals surface area contributed by atoms with E-state index in [9.17, 15) is 4.39 Å². The smallest absolute Gasteiger partial charge is 0.191 e. The highest BCUT2D eigenvalue weighted by atomic mass is 35.5. The molecule has 1 aromatic heterocycles. The van der Waals surface area contributed by atoms with Crippen LogP contribution in [0.15, 0.2) is 47.6 Å². The number of aromatic nitrogens is 3. The molecule has 0 spiro atoms. The van der Waals surface area contributed by atoms with E-state index in [1.54, 1.807) is 42.1 Å². The largest absolute Gasteiger partial charge is 0.492 e. The lowest BCUT2D eigenvalue weighted by Crippen LogP contribution is -2.06. The molecule has 2 aromatic carbocycles. The number of nitrogens with zero attached hydrogens (tertiary/aromatic N) is 3. The van der Waals surface area contributed by atoms with Crippen LogP contribution in [0.3, 0.4) is 0 Å². The third kappa shape index (κ3) is 5.63. The predicted molar refractivity (Wildman–Crippen MR) is 112 cm³/mol. The third-order valence-electron chi connectivity index (χ3n) is 4.09. The summed E-state index contributed by atoms with van der Waals surface area (Å²) in [6.07, 6.45) is 1.54. The first-order chi connectivity index (χ1) is 13.6. The van der Waals surface area contributed by atoms with Gasteiger partial charge in [-0.25, -0.2) is 4.39 Å². The Labute approximate surface area is 178 Å². The van der Waals surface area contributed by atoms with E-state index in [-0.39, 0.29) is 5.82 Å². The maximum atomic E-state index is 13.0. The van der Waals surface area contributed by atoms with E-state index >= 15 is 0 Å². The molecule has 28 heavy (non-hydrogen) atoms. The Kier molecular flexibility index (Phi) is 7.59. The fourth-order valence-corrected chi connectivity index (χ4v) is 4.10. The van der Waals surface area contributed by atoms with Crippen molar-refractivity contribution in [3.05, 3.63) is 69.7 Å². The minimum atomic E-state index is -0.227. The van der Waals surface area contributed by atoms with Gasteiger partial charge in [-0.3, -0.25) is 0 Å². The van der Waals surface area contributed by atoms with Crippen LogP contribution < -0.4 is 4.74 Å². The second-order valence-electron chi connectivity index (χ2n) is 6.08. The van der Waals surface area contributed by atoms with E-state index in [2.05, 4.69) is 21.7 Å². The Morgan fingerprint density at radius 1 is 1.11 bits per heavy atom. The minimum absolute atomic E-state index is 0.227. The average Bonchev–Trinajstić information content (AvgIpc) is 3.08. The van der Waals surface area contributed by atoms with Crippen LogP contribution in [0.1, 0.15) is 24.7 Å². The van der Waals surface area contributed by atoms with Gasteiger partial charge < -0.3 is 9.30 Å². The Morgan fingerprint density at radius 3 is 2.61 bits per heavy atom. The zero-order valence-corrected chi connectivity index (χ0v) is 17.7. The zero-order chi connectivity index (χ0) is 19.9. The summed E-state index contributed by atoms with van der Waals surface area (Å²) >= 11 is 13.6. The van der Waals surface area contributed by atoms with Crippen LogP contribution >= 0.6 is 35.0 Å². The fourth-order valence-electron chi connectivity index (χ4n) is 2.66. The highest BCUT2D eigenvalue weighted by molar-refractivity contribution is 7.98. The van der Waals surface area contributed by atoms with Crippen molar-refractivity contribution in [2.24, 2.45) is 0 Å². The van der Waals surface area contributed by atoms with Crippen molar-refractivity contribution in [2.75, 3.05) is 6.61 Å². The first-order valence-corrected chi connectivity index (χ1v) is 10.7. The standard InChI is InChI=1S/C20H20Cl2FN3OS/c1-2-26-19(4-3-11-27-18-10-7-15(21)12-17(18)22)24-25-20(26)28-13-14-5-8-16(23)9-6-14/h5-10,12H,2-4,11,13H2,1H3. The van der Waals surface area contributed by atoms with Crippen molar-refractivity contribution in [3.63, 3.8) is 0 Å². The number of hydrogen-bond donors (Lipinski definition) is 0. The summed E-state index contributed by atoms with van der Waals surface area (Å²) in [7, 11) is 0. The van der Waals surface area contributed by atoms with Gasteiger partial charge in [0.15, 0.2) is 5.16 Å². The predicted octanol–water partition coefficient (Wildman–Crippen LogP) is 6.05.